The molecule has 6 rings (SSSR count). The molecule has 2 aromatic carbocycles. The van der Waals surface area contributed by atoms with E-state index < -0.39 is 0 Å². The van der Waals surface area contributed by atoms with E-state index in [0.29, 0.717) is 42.0 Å². The number of amides is 2. The van der Waals surface area contributed by atoms with Crippen LogP contribution in [0.15, 0.2) is 54.7 Å². The summed E-state index contributed by atoms with van der Waals surface area (Å²) in [5, 5.41) is 6.89. The number of aromatic nitrogens is 2. The number of hydrogen-bond donors (Lipinski definition) is 2. The zero-order chi connectivity index (χ0) is 26.8. The Morgan fingerprint density at radius 1 is 1.08 bits per heavy atom. The molecule has 2 N–H and O–H groups in total. The van der Waals surface area contributed by atoms with Crippen LogP contribution in [-0.2, 0) is 16.1 Å². The number of halogens is 1. The summed E-state index contributed by atoms with van der Waals surface area (Å²) in [6.07, 6.45) is 4.25. The number of nitrogens with one attached hydrogen (secondary N) is 2. The minimum Gasteiger partial charge on any atom is -0.381 e. The van der Waals surface area contributed by atoms with Gasteiger partial charge in [-0.25, -0.2) is 9.97 Å². The molecule has 2 amide bonds. The van der Waals surface area contributed by atoms with Crippen LogP contribution in [-0.4, -0.2) is 71.6 Å². The van der Waals surface area contributed by atoms with Crippen LogP contribution < -0.4 is 15.5 Å². The lowest BCUT2D eigenvalue weighted by atomic mass is 10.0. The molecule has 10 heteroatoms. The maximum atomic E-state index is 13.3. The van der Waals surface area contributed by atoms with Crippen molar-refractivity contribution in [3.8, 4) is 11.3 Å². The molecular formula is C29H31ClN6O3. The minimum absolute atomic E-state index is 0.0259. The van der Waals surface area contributed by atoms with Gasteiger partial charge in [0.1, 0.15) is 6.54 Å². The Balaban J connectivity index is 1.09. The van der Waals surface area contributed by atoms with E-state index in [2.05, 4.69) is 37.6 Å². The van der Waals surface area contributed by atoms with Crippen molar-refractivity contribution in [2.45, 2.75) is 37.9 Å². The third-order valence-corrected chi connectivity index (χ3v) is 7.85. The summed E-state index contributed by atoms with van der Waals surface area (Å²) < 4.78 is 5.42. The predicted octanol–water partition coefficient (Wildman–Crippen LogP) is 3.74. The Morgan fingerprint density at radius 2 is 1.90 bits per heavy atom. The van der Waals surface area contributed by atoms with E-state index in [1.54, 1.807) is 11.1 Å². The van der Waals surface area contributed by atoms with Crippen molar-refractivity contribution < 1.29 is 14.3 Å². The van der Waals surface area contributed by atoms with Crippen LogP contribution >= 0.6 is 11.6 Å². The fourth-order valence-electron chi connectivity index (χ4n) is 5.50. The average molecular weight is 547 g/mol. The lowest BCUT2D eigenvalue weighted by Crippen LogP contribution is -2.43. The number of carbonyl (C=O) groups excluding carboxylic acids is 2. The van der Waals surface area contributed by atoms with Crippen LogP contribution in [0.2, 0.25) is 5.02 Å². The van der Waals surface area contributed by atoms with E-state index in [4.69, 9.17) is 16.3 Å². The number of anilines is 2. The van der Waals surface area contributed by atoms with E-state index in [0.717, 1.165) is 49.2 Å². The Labute approximate surface area is 232 Å². The topological polar surface area (TPSA) is 99.7 Å². The van der Waals surface area contributed by atoms with Gasteiger partial charge in [0.05, 0.1) is 16.9 Å². The lowest BCUT2D eigenvalue weighted by molar-refractivity contribution is -0.122. The zero-order valence-electron chi connectivity index (χ0n) is 21.6. The molecule has 0 radical (unpaired) electrons. The van der Waals surface area contributed by atoms with Gasteiger partial charge < -0.3 is 25.2 Å². The molecule has 3 aromatic rings. The van der Waals surface area contributed by atoms with E-state index in [9.17, 15) is 9.59 Å². The van der Waals surface area contributed by atoms with Gasteiger partial charge in [0.25, 0.3) is 5.91 Å². The number of hydrogen-bond acceptors (Lipinski definition) is 7. The smallest absolute Gasteiger partial charge is 0.254 e. The molecule has 0 saturated carbocycles. The molecule has 3 aliphatic rings. The van der Waals surface area contributed by atoms with Gasteiger partial charge in [-0.3, -0.25) is 9.59 Å². The summed E-state index contributed by atoms with van der Waals surface area (Å²) in [6.45, 7) is 3.51. The van der Waals surface area contributed by atoms with E-state index in [1.807, 2.05) is 36.4 Å². The van der Waals surface area contributed by atoms with Gasteiger partial charge in [0.2, 0.25) is 11.9 Å². The largest absolute Gasteiger partial charge is 0.381 e. The highest BCUT2D eigenvalue weighted by atomic mass is 35.5. The van der Waals surface area contributed by atoms with Gasteiger partial charge >= 0.3 is 0 Å². The van der Waals surface area contributed by atoms with Gasteiger partial charge in [-0.1, -0.05) is 41.9 Å². The number of nitrogens with zero attached hydrogens (tertiary/aromatic N) is 4. The quantitative estimate of drug-likeness (QED) is 0.466. The number of para-hydroxylation sites is 1. The first-order valence-corrected chi connectivity index (χ1v) is 13.8. The maximum Gasteiger partial charge on any atom is 0.254 e. The third-order valence-electron chi connectivity index (χ3n) is 7.57. The average Bonchev–Trinajstić information content (AvgIpc) is 3.55. The molecule has 39 heavy (non-hydrogen) atoms. The first-order chi connectivity index (χ1) is 19.0. The fourth-order valence-corrected chi connectivity index (χ4v) is 5.70. The van der Waals surface area contributed by atoms with Crippen LogP contribution in [0.5, 0.6) is 0 Å². The summed E-state index contributed by atoms with van der Waals surface area (Å²) in [5.74, 6) is 0.202. The molecule has 202 valence electrons. The number of ether oxygens (including phenoxy) is 1. The van der Waals surface area contributed by atoms with Crippen molar-refractivity contribution in [1.29, 1.82) is 0 Å². The first-order valence-electron chi connectivity index (χ1n) is 13.4. The fraction of sp³-hybridized carbons (Fsp3) is 0.379. The van der Waals surface area contributed by atoms with Gasteiger partial charge in [-0.15, -0.1) is 0 Å². The molecule has 2 fully saturated rings. The number of carbonyl (C=O) groups is 2. The Morgan fingerprint density at radius 3 is 2.72 bits per heavy atom. The summed E-state index contributed by atoms with van der Waals surface area (Å²) in [4.78, 5) is 39.0. The first kappa shape index (κ1) is 25.6. The van der Waals surface area contributed by atoms with E-state index in [-0.39, 0.29) is 30.4 Å². The minimum atomic E-state index is -0.162. The summed E-state index contributed by atoms with van der Waals surface area (Å²) >= 11 is 6.46. The summed E-state index contributed by atoms with van der Waals surface area (Å²) in [6, 6.07) is 16.2. The van der Waals surface area contributed by atoms with Crippen molar-refractivity contribution >= 4 is 35.1 Å². The highest BCUT2D eigenvalue weighted by Crippen LogP contribution is 2.32. The van der Waals surface area contributed by atoms with Crippen LogP contribution in [0.1, 0.15) is 35.2 Å². The molecule has 1 unspecified atom stereocenters. The van der Waals surface area contributed by atoms with Crippen LogP contribution in [0.4, 0.5) is 11.6 Å². The highest BCUT2D eigenvalue weighted by Gasteiger charge is 2.31. The van der Waals surface area contributed by atoms with Crippen molar-refractivity contribution in [3.63, 3.8) is 0 Å². The number of rotatable bonds is 7. The van der Waals surface area contributed by atoms with Gasteiger partial charge in [-0.2, -0.15) is 0 Å². The van der Waals surface area contributed by atoms with Crippen LogP contribution in [0, 0.1) is 0 Å². The van der Waals surface area contributed by atoms with Crippen LogP contribution in [0.3, 0.4) is 0 Å². The molecule has 2 saturated heterocycles. The molecule has 0 spiro atoms. The van der Waals surface area contributed by atoms with Crippen molar-refractivity contribution in [1.82, 2.24) is 20.2 Å². The molecule has 9 nitrogen and oxygen atoms in total. The maximum absolute atomic E-state index is 13.3. The van der Waals surface area contributed by atoms with Gasteiger partial charge in [-0.05, 0) is 43.0 Å². The van der Waals surface area contributed by atoms with Crippen LogP contribution in [0.25, 0.3) is 11.3 Å². The molecule has 0 bridgehead atoms. The molecule has 1 atom stereocenters. The zero-order valence-corrected chi connectivity index (χ0v) is 22.4. The number of benzene rings is 2. The SMILES string of the molecule is O=C(CN1Cc2ccc(-c3nc(NC4CCOCC4)ncc3Cl)cc2C1=O)NC1CCN(c2ccccc2)C1. The Bertz CT molecular complexity index is 1360. The van der Waals surface area contributed by atoms with Crippen molar-refractivity contribution in [2.75, 3.05) is 43.1 Å². The van der Waals surface area contributed by atoms with E-state index >= 15 is 0 Å². The standard InChI is InChI=1S/C29H31ClN6O3/c30-25-15-31-29(33-21-9-12-39-13-10-21)34-27(25)19-6-7-20-16-36(28(38)24(20)14-19)18-26(37)32-22-8-11-35(17-22)23-4-2-1-3-5-23/h1-7,14-15,21-22H,8-13,16-18H2,(H,32,37)(H,31,33,34). The third kappa shape index (κ3) is 5.69. The normalized spacial score (nSPS) is 19.3. The van der Waals surface area contributed by atoms with Gasteiger partial charge in [0, 0.05) is 61.7 Å². The second-order valence-electron chi connectivity index (χ2n) is 10.3. The lowest BCUT2D eigenvalue weighted by Gasteiger charge is -2.23. The van der Waals surface area contributed by atoms with Crippen molar-refractivity contribution in [2.24, 2.45) is 0 Å². The Kier molecular flexibility index (Phi) is 7.34. The second-order valence-corrected chi connectivity index (χ2v) is 10.7. The summed E-state index contributed by atoms with van der Waals surface area (Å²) in [7, 11) is 0. The highest BCUT2D eigenvalue weighted by molar-refractivity contribution is 6.33. The van der Waals surface area contributed by atoms with Crippen molar-refractivity contribution in [3.05, 3.63) is 70.9 Å². The molecule has 3 aliphatic heterocycles. The molecular weight excluding hydrogens is 516 g/mol. The molecule has 0 aliphatic carbocycles. The predicted molar refractivity (Wildman–Crippen MR) is 150 cm³/mol. The molecule has 1 aromatic heterocycles. The summed E-state index contributed by atoms with van der Waals surface area (Å²) in [5.41, 5.74) is 3.92. The van der Waals surface area contributed by atoms with Gasteiger partial charge in [0.15, 0.2) is 0 Å². The molecule has 4 heterocycles. The van der Waals surface area contributed by atoms with E-state index in [1.165, 1.54) is 0 Å². The Hall–Kier alpha value is -3.69. The second kappa shape index (κ2) is 11.2. The number of fused-ring (bicyclic) bond motifs is 1. The monoisotopic (exact) mass is 546 g/mol.